The quantitative estimate of drug-likeness (QED) is 0.758. The van der Waals surface area contributed by atoms with Crippen LogP contribution in [0.5, 0.6) is 0 Å². The van der Waals surface area contributed by atoms with E-state index in [1.165, 1.54) is 19.3 Å². The Kier molecular flexibility index (Phi) is 7.48. The van der Waals surface area contributed by atoms with Crippen molar-refractivity contribution in [2.75, 3.05) is 19.6 Å². The fourth-order valence-electron chi connectivity index (χ4n) is 1.34. The molecule has 0 saturated carbocycles. The van der Waals surface area contributed by atoms with Crippen LogP contribution in [-0.4, -0.2) is 35.6 Å². The third-order valence-electron chi connectivity index (χ3n) is 2.46. The summed E-state index contributed by atoms with van der Waals surface area (Å²) in [4.78, 5) is 12.3. The Morgan fingerprint density at radius 1 is 1.29 bits per heavy atom. The van der Waals surface area contributed by atoms with Crippen LogP contribution in [0.3, 0.4) is 0 Å². The summed E-state index contributed by atoms with van der Waals surface area (Å²) in [6, 6.07) is 0. The van der Waals surface area contributed by atoms with Gasteiger partial charge >= 0.3 is 5.97 Å². The van der Waals surface area contributed by atoms with E-state index in [0.717, 1.165) is 19.6 Å². The molecule has 0 amide bonds. The summed E-state index contributed by atoms with van der Waals surface area (Å²) < 4.78 is 0. The van der Waals surface area contributed by atoms with Crippen LogP contribution in [0.1, 0.15) is 40.0 Å². The average molecular weight is 201 g/mol. The first kappa shape index (κ1) is 13.4. The highest BCUT2D eigenvalue weighted by Gasteiger charge is 2.30. The molecule has 0 aromatic carbocycles. The minimum Gasteiger partial charge on any atom is -0.481 e. The van der Waals surface area contributed by atoms with E-state index in [1.54, 1.807) is 0 Å². The summed E-state index contributed by atoms with van der Waals surface area (Å²) in [6.45, 7) is 8.92. The fraction of sp³-hybridized carbons (Fsp3) is 0.909. The number of carboxylic acid groups (broad SMARTS) is 1. The minimum absolute atomic E-state index is 0.0926. The number of unbranched alkanes of at least 4 members (excludes halogenated alkanes) is 2. The van der Waals surface area contributed by atoms with Crippen molar-refractivity contribution < 1.29 is 9.90 Å². The molecule has 3 nitrogen and oxygen atoms in total. The van der Waals surface area contributed by atoms with Crippen LogP contribution in [0, 0.1) is 5.92 Å². The van der Waals surface area contributed by atoms with E-state index in [-0.39, 0.29) is 5.92 Å². The Labute approximate surface area is 87.1 Å². The molecule has 84 valence electrons. The van der Waals surface area contributed by atoms with Crippen LogP contribution in [0.15, 0.2) is 0 Å². The maximum absolute atomic E-state index is 10.2. The van der Waals surface area contributed by atoms with Crippen LogP contribution in [0.4, 0.5) is 0 Å². The Hall–Kier alpha value is -0.570. The highest BCUT2D eigenvalue weighted by Crippen LogP contribution is 2.13. The topological polar surface area (TPSA) is 40.5 Å². The maximum atomic E-state index is 10.2. The van der Waals surface area contributed by atoms with Gasteiger partial charge in [0.2, 0.25) is 0 Å². The van der Waals surface area contributed by atoms with Crippen molar-refractivity contribution in [3.05, 3.63) is 0 Å². The zero-order valence-electron chi connectivity index (χ0n) is 9.62. The lowest BCUT2D eigenvalue weighted by Gasteiger charge is -2.35. The number of likely N-dealkylation sites (tertiary alicyclic amines) is 1. The second kappa shape index (κ2) is 7.80. The molecule has 0 aromatic rings. The molecule has 3 heteroatoms. The summed E-state index contributed by atoms with van der Waals surface area (Å²) in [5.74, 6) is -0.746. The molecule has 1 N–H and O–H groups in total. The van der Waals surface area contributed by atoms with Gasteiger partial charge in [-0.2, -0.15) is 0 Å². The van der Waals surface area contributed by atoms with E-state index < -0.39 is 5.97 Å². The predicted molar refractivity (Wildman–Crippen MR) is 58.4 cm³/mol. The van der Waals surface area contributed by atoms with E-state index in [1.807, 2.05) is 6.92 Å². The van der Waals surface area contributed by atoms with Crippen LogP contribution < -0.4 is 0 Å². The minimum atomic E-state index is -0.653. The molecule has 0 spiro atoms. The molecule has 0 unspecified atom stereocenters. The van der Waals surface area contributed by atoms with Gasteiger partial charge in [0, 0.05) is 13.1 Å². The number of hydrogen-bond donors (Lipinski definition) is 1. The zero-order valence-corrected chi connectivity index (χ0v) is 9.62. The Bertz CT molecular complexity index is 151. The van der Waals surface area contributed by atoms with Crippen LogP contribution in [0.25, 0.3) is 0 Å². The number of carboxylic acids is 1. The lowest BCUT2D eigenvalue weighted by Crippen LogP contribution is -2.49. The fourth-order valence-corrected chi connectivity index (χ4v) is 1.34. The van der Waals surface area contributed by atoms with Crippen molar-refractivity contribution >= 4 is 5.97 Å². The Morgan fingerprint density at radius 2 is 1.79 bits per heavy atom. The van der Waals surface area contributed by atoms with E-state index in [0.29, 0.717) is 0 Å². The van der Waals surface area contributed by atoms with Gasteiger partial charge < -0.3 is 10.0 Å². The average Bonchev–Trinajstić information content (AvgIpc) is 2.04. The molecule has 1 rings (SSSR count). The first-order valence-electron chi connectivity index (χ1n) is 5.60. The van der Waals surface area contributed by atoms with Crippen molar-refractivity contribution in [1.29, 1.82) is 0 Å². The largest absolute Gasteiger partial charge is 0.481 e. The number of rotatable bonds is 4. The summed E-state index contributed by atoms with van der Waals surface area (Å²) in [6.07, 6.45) is 4.08. The van der Waals surface area contributed by atoms with E-state index in [4.69, 9.17) is 5.11 Å². The number of hydrogen-bond acceptors (Lipinski definition) is 2. The van der Waals surface area contributed by atoms with Gasteiger partial charge in [0.05, 0.1) is 5.92 Å². The van der Waals surface area contributed by atoms with Gasteiger partial charge in [-0.1, -0.05) is 40.0 Å². The van der Waals surface area contributed by atoms with E-state index in [2.05, 4.69) is 18.7 Å². The molecule has 0 atom stereocenters. The molecule has 0 aromatic heterocycles. The summed E-state index contributed by atoms with van der Waals surface area (Å²) in [7, 11) is 0. The van der Waals surface area contributed by atoms with Gasteiger partial charge in [-0.25, -0.2) is 0 Å². The first-order chi connectivity index (χ1) is 6.65. The molecule has 1 saturated heterocycles. The molecule has 1 fully saturated rings. The summed E-state index contributed by atoms with van der Waals surface area (Å²) in [5, 5.41) is 8.42. The van der Waals surface area contributed by atoms with Crippen LogP contribution in [-0.2, 0) is 4.79 Å². The van der Waals surface area contributed by atoms with Gasteiger partial charge in [0.25, 0.3) is 0 Å². The third-order valence-corrected chi connectivity index (χ3v) is 2.46. The van der Waals surface area contributed by atoms with Crippen molar-refractivity contribution in [3.63, 3.8) is 0 Å². The van der Waals surface area contributed by atoms with Crippen LogP contribution in [0.2, 0.25) is 0 Å². The second-order valence-electron chi connectivity index (χ2n) is 3.74. The third kappa shape index (κ3) is 5.22. The van der Waals surface area contributed by atoms with Crippen molar-refractivity contribution in [2.24, 2.45) is 5.92 Å². The van der Waals surface area contributed by atoms with Gasteiger partial charge in [0.15, 0.2) is 0 Å². The molecular formula is C11H23NO2. The SMILES string of the molecule is CCCCC.CCN1CC(C(=O)O)C1. The smallest absolute Gasteiger partial charge is 0.309 e. The summed E-state index contributed by atoms with van der Waals surface area (Å²) in [5.41, 5.74) is 0. The first-order valence-corrected chi connectivity index (χ1v) is 5.60. The number of carbonyl (C=O) groups is 1. The lowest BCUT2D eigenvalue weighted by molar-refractivity contribution is -0.147. The Balaban J connectivity index is 0.000000292. The number of nitrogens with zero attached hydrogens (tertiary/aromatic N) is 1. The lowest BCUT2D eigenvalue weighted by atomic mass is 10.0. The van der Waals surface area contributed by atoms with Crippen molar-refractivity contribution in [1.82, 2.24) is 4.90 Å². The predicted octanol–water partition coefficient (Wildman–Crippen LogP) is 2.22. The molecule has 1 heterocycles. The molecular weight excluding hydrogens is 178 g/mol. The number of aliphatic carboxylic acids is 1. The van der Waals surface area contributed by atoms with Gasteiger partial charge in [-0.05, 0) is 6.54 Å². The molecule has 1 aliphatic rings. The summed E-state index contributed by atoms with van der Waals surface area (Å²) >= 11 is 0. The molecule has 0 radical (unpaired) electrons. The van der Waals surface area contributed by atoms with Crippen molar-refractivity contribution in [2.45, 2.75) is 40.0 Å². The van der Waals surface area contributed by atoms with Crippen LogP contribution >= 0.6 is 0 Å². The monoisotopic (exact) mass is 201 g/mol. The zero-order chi connectivity index (χ0) is 11.0. The second-order valence-corrected chi connectivity index (χ2v) is 3.74. The van der Waals surface area contributed by atoms with Crippen molar-refractivity contribution in [3.8, 4) is 0 Å². The normalized spacial score (nSPS) is 16.8. The molecule has 1 aliphatic heterocycles. The molecule has 14 heavy (non-hydrogen) atoms. The molecule has 0 bridgehead atoms. The standard InChI is InChI=1S/C6H11NO2.C5H12/c1-2-7-3-5(4-7)6(8)9;1-3-5-4-2/h5H,2-4H2,1H3,(H,8,9);3-5H2,1-2H3. The van der Waals surface area contributed by atoms with E-state index >= 15 is 0 Å². The molecule has 0 aliphatic carbocycles. The van der Waals surface area contributed by atoms with E-state index in [9.17, 15) is 4.79 Å². The highest BCUT2D eigenvalue weighted by atomic mass is 16.4. The van der Waals surface area contributed by atoms with Gasteiger partial charge in [-0.15, -0.1) is 0 Å². The van der Waals surface area contributed by atoms with Gasteiger partial charge in [-0.3, -0.25) is 4.79 Å². The highest BCUT2D eigenvalue weighted by molar-refractivity contribution is 5.71. The van der Waals surface area contributed by atoms with Gasteiger partial charge in [0.1, 0.15) is 0 Å². The maximum Gasteiger partial charge on any atom is 0.309 e. The Morgan fingerprint density at radius 3 is 2.00 bits per heavy atom.